The van der Waals surface area contributed by atoms with Gasteiger partial charge >= 0.3 is 0 Å². The second kappa shape index (κ2) is 4.00. The van der Waals surface area contributed by atoms with E-state index in [0.29, 0.717) is 10.7 Å². The van der Waals surface area contributed by atoms with Gasteiger partial charge in [0, 0.05) is 5.41 Å². The first-order chi connectivity index (χ1) is 7.89. The van der Waals surface area contributed by atoms with E-state index in [-0.39, 0.29) is 5.41 Å². The molecular formula is C11H14ClN5. The second-order valence-corrected chi connectivity index (χ2v) is 5.28. The summed E-state index contributed by atoms with van der Waals surface area (Å²) in [5.74, 6) is 0.777. The van der Waals surface area contributed by atoms with Crippen molar-refractivity contribution in [3.8, 4) is 5.69 Å². The Bertz CT molecular complexity index is 541. The van der Waals surface area contributed by atoms with E-state index in [1.807, 2.05) is 6.07 Å². The zero-order valence-electron chi connectivity index (χ0n) is 9.98. The third-order valence-electron chi connectivity index (χ3n) is 2.36. The van der Waals surface area contributed by atoms with Crippen molar-refractivity contribution in [3.63, 3.8) is 0 Å². The quantitative estimate of drug-likeness (QED) is 0.789. The summed E-state index contributed by atoms with van der Waals surface area (Å²) in [6.45, 7) is 6.15. The largest absolute Gasteiger partial charge is 0.397 e. The summed E-state index contributed by atoms with van der Waals surface area (Å²) >= 11 is 5.89. The molecule has 1 aromatic heterocycles. The van der Waals surface area contributed by atoms with E-state index in [9.17, 15) is 0 Å². The van der Waals surface area contributed by atoms with Crippen LogP contribution in [0.4, 0.5) is 5.69 Å². The van der Waals surface area contributed by atoms with Crippen LogP contribution < -0.4 is 5.73 Å². The van der Waals surface area contributed by atoms with Gasteiger partial charge in [0.05, 0.1) is 16.4 Å². The summed E-state index contributed by atoms with van der Waals surface area (Å²) in [6.07, 6.45) is 0. The molecular weight excluding hydrogens is 238 g/mol. The average molecular weight is 252 g/mol. The lowest BCUT2D eigenvalue weighted by atomic mass is 9.96. The minimum Gasteiger partial charge on any atom is -0.397 e. The van der Waals surface area contributed by atoms with Gasteiger partial charge in [-0.3, -0.25) is 0 Å². The van der Waals surface area contributed by atoms with Gasteiger partial charge in [0.1, 0.15) is 0 Å². The molecule has 0 fully saturated rings. The highest BCUT2D eigenvalue weighted by atomic mass is 35.5. The fourth-order valence-electron chi connectivity index (χ4n) is 1.49. The van der Waals surface area contributed by atoms with Crippen LogP contribution in [-0.2, 0) is 5.41 Å². The van der Waals surface area contributed by atoms with Gasteiger partial charge in [-0.25, -0.2) is 0 Å². The molecule has 2 rings (SSSR count). The SMILES string of the molecule is CC(C)(C)c1nnnn1-c1ccc(Cl)c(N)c1. The van der Waals surface area contributed by atoms with Gasteiger partial charge in [-0.1, -0.05) is 32.4 Å². The van der Waals surface area contributed by atoms with E-state index < -0.39 is 0 Å². The molecule has 1 aromatic carbocycles. The Morgan fingerprint density at radius 3 is 2.59 bits per heavy atom. The molecule has 0 aliphatic carbocycles. The summed E-state index contributed by atoms with van der Waals surface area (Å²) in [4.78, 5) is 0. The fourth-order valence-corrected chi connectivity index (χ4v) is 1.61. The van der Waals surface area contributed by atoms with Gasteiger partial charge in [-0.15, -0.1) is 5.10 Å². The Balaban J connectivity index is 2.54. The van der Waals surface area contributed by atoms with Crippen molar-refractivity contribution in [1.82, 2.24) is 20.2 Å². The van der Waals surface area contributed by atoms with Crippen LogP contribution in [0, 0.1) is 0 Å². The molecule has 6 heteroatoms. The highest BCUT2D eigenvalue weighted by molar-refractivity contribution is 6.33. The predicted octanol–water partition coefficient (Wildman–Crippen LogP) is 2.20. The van der Waals surface area contributed by atoms with Crippen LogP contribution in [0.15, 0.2) is 18.2 Å². The normalized spacial score (nSPS) is 11.8. The molecule has 2 aromatic rings. The molecule has 2 N–H and O–H groups in total. The molecule has 0 bridgehead atoms. The molecule has 0 saturated heterocycles. The lowest BCUT2D eigenvalue weighted by Crippen LogP contribution is -2.19. The van der Waals surface area contributed by atoms with E-state index >= 15 is 0 Å². The standard InChI is InChI=1S/C11H14ClN5/c1-11(2,3)10-14-15-16-17(10)7-4-5-8(12)9(13)6-7/h4-6H,13H2,1-3H3. The number of anilines is 1. The average Bonchev–Trinajstić information content (AvgIpc) is 2.70. The molecule has 0 aliphatic heterocycles. The third-order valence-corrected chi connectivity index (χ3v) is 2.71. The zero-order valence-corrected chi connectivity index (χ0v) is 10.7. The van der Waals surface area contributed by atoms with Crippen LogP contribution in [0.5, 0.6) is 0 Å². The van der Waals surface area contributed by atoms with Crippen LogP contribution in [0.2, 0.25) is 5.02 Å². The lowest BCUT2D eigenvalue weighted by Gasteiger charge is -2.17. The zero-order chi connectivity index (χ0) is 12.6. The first-order valence-electron chi connectivity index (χ1n) is 5.24. The van der Waals surface area contributed by atoms with Crippen LogP contribution in [0.25, 0.3) is 5.69 Å². The monoisotopic (exact) mass is 251 g/mol. The number of aromatic nitrogens is 4. The van der Waals surface area contributed by atoms with Crippen molar-refractivity contribution in [2.75, 3.05) is 5.73 Å². The molecule has 0 spiro atoms. The summed E-state index contributed by atoms with van der Waals surface area (Å²) < 4.78 is 1.67. The Morgan fingerprint density at radius 2 is 2.00 bits per heavy atom. The maximum absolute atomic E-state index is 5.89. The van der Waals surface area contributed by atoms with Crippen LogP contribution in [-0.4, -0.2) is 20.2 Å². The summed E-state index contributed by atoms with van der Waals surface area (Å²) in [5.41, 5.74) is 6.95. The van der Waals surface area contributed by atoms with Crippen LogP contribution in [0.1, 0.15) is 26.6 Å². The first kappa shape index (κ1) is 11.9. The molecule has 0 amide bonds. The molecule has 0 unspecified atom stereocenters. The number of nitrogens with zero attached hydrogens (tertiary/aromatic N) is 4. The topological polar surface area (TPSA) is 69.6 Å². The minimum atomic E-state index is -0.141. The minimum absolute atomic E-state index is 0.141. The first-order valence-corrected chi connectivity index (χ1v) is 5.61. The summed E-state index contributed by atoms with van der Waals surface area (Å²) in [7, 11) is 0. The van der Waals surface area contributed by atoms with Crippen LogP contribution in [0.3, 0.4) is 0 Å². The number of tetrazole rings is 1. The van der Waals surface area contributed by atoms with Gasteiger partial charge in [-0.05, 0) is 28.6 Å². The Kier molecular flexibility index (Phi) is 2.79. The smallest absolute Gasteiger partial charge is 0.162 e. The van der Waals surface area contributed by atoms with Gasteiger partial charge in [0.15, 0.2) is 5.82 Å². The number of benzene rings is 1. The Hall–Kier alpha value is -1.62. The van der Waals surface area contributed by atoms with E-state index in [4.69, 9.17) is 17.3 Å². The van der Waals surface area contributed by atoms with Gasteiger partial charge < -0.3 is 5.73 Å². The molecule has 0 aliphatic rings. The molecule has 0 saturated carbocycles. The van der Waals surface area contributed by atoms with Gasteiger partial charge in [0.2, 0.25) is 0 Å². The van der Waals surface area contributed by atoms with Crippen molar-refractivity contribution < 1.29 is 0 Å². The summed E-state index contributed by atoms with van der Waals surface area (Å²) in [5, 5.41) is 12.3. The molecule has 0 atom stereocenters. The maximum Gasteiger partial charge on any atom is 0.162 e. The van der Waals surface area contributed by atoms with E-state index in [2.05, 4.69) is 36.3 Å². The Labute approximate surface area is 105 Å². The molecule has 90 valence electrons. The van der Waals surface area contributed by atoms with Crippen LogP contribution >= 0.6 is 11.6 Å². The molecule has 5 nitrogen and oxygen atoms in total. The Morgan fingerprint density at radius 1 is 1.29 bits per heavy atom. The van der Waals surface area contributed by atoms with E-state index in [0.717, 1.165) is 11.5 Å². The summed E-state index contributed by atoms with van der Waals surface area (Å²) in [6, 6.07) is 5.33. The van der Waals surface area contributed by atoms with Gasteiger partial charge in [-0.2, -0.15) is 4.68 Å². The third kappa shape index (κ3) is 2.24. The number of rotatable bonds is 1. The van der Waals surface area contributed by atoms with Crippen molar-refractivity contribution in [2.45, 2.75) is 26.2 Å². The predicted molar refractivity (Wildman–Crippen MR) is 67.3 cm³/mol. The second-order valence-electron chi connectivity index (χ2n) is 4.87. The fraction of sp³-hybridized carbons (Fsp3) is 0.364. The maximum atomic E-state index is 5.89. The van der Waals surface area contributed by atoms with Crippen molar-refractivity contribution in [3.05, 3.63) is 29.0 Å². The number of nitrogen functional groups attached to an aromatic ring is 1. The van der Waals surface area contributed by atoms with E-state index in [1.54, 1.807) is 16.8 Å². The van der Waals surface area contributed by atoms with Crippen molar-refractivity contribution >= 4 is 17.3 Å². The lowest BCUT2D eigenvalue weighted by molar-refractivity contribution is 0.526. The number of hydrogen-bond acceptors (Lipinski definition) is 4. The van der Waals surface area contributed by atoms with Crippen molar-refractivity contribution in [2.24, 2.45) is 0 Å². The number of halogens is 1. The molecule has 0 radical (unpaired) electrons. The molecule has 1 heterocycles. The number of nitrogens with two attached hydrogens (primary N) is 1. The highest BCUT2D eigenvalue weighted by Gasteiger charge is 2.22. The van der Waals surface area contributed by atoms with E-state index in [1.165, 1.54) is 0 Å². The molecule has 17 heavy (non-hydrogen) atoms. The number of hydrogen-bond donors (Lipinski definition) is 1. The van der Waals surface area contributed by atoms with Gasteiger partial charge in [0.25, 0.3) is 0 Å². The van der Waals surface area contributed by atoms with Crippen molar-refractivity contribution in [1.29, 1.82) is 0 Å². The highest BCUT2D eigenvalue weighted by Crippen LogP contribution is 2.25.